The van der Waals surface area contributed by atoms with Crippen LogP contribution in [-0.4, -0.2) is 70.4 Å². The summed E-state index contributed by atoms with van der Waals surface area (Å²) < 4.78 is 0. The Balaban J connectivity index is 1.34. The fourth-order valence-electron chi connectivity index (χ4n) is 2.99. The number of carboxylic acid groups (broad SMARTS) is 1. The molecule has 2 N–H and O–H groups in total. The molecule has 0 aromatic carbocycles. The van der Waals surface area contributed by atoms with Gasteiger partial charge in [-0.1, -0.05) is 11.8 Å². The number of thioether (sulfide) groups is 3. The number of fused-ring (bicyclic) bond motifs is 1. The largest absolute Gasteiger partial charge is 0.477 e. The van der Waals surface area contributed by atoms with Crippen LogP contribution in [0.5, 0.6) is 0 Å². The number of hydrogen-bond acceptors (Lipinski definition) is 10. The van der Waals surface area contributed by atoms with Gasteiger partial charge < -0.3 is 10.4 Å². The highest BCUT2D eigenvalue weighted by atomic mass is 32.2. The molecule has 0 bridgehead atoms. The fraction of sp³-hybridized carbons (Fsp3) is 0.278. The van der Waals surface area contributed by atoms with Gasteiger partial charge in [0.25, 0.3) is 0 Å². The molecule has 2 atom stereocenters. The van der Waals surface area contributed by atoms with E-state index >= 15 is 0 Å². The average molecular weight is 477 g/mol. The molecular weight excluding hydrogens is 460 g/mol. The summed E-state index contributed by atoms with van der Waals surface area (Å²) in [7, 11) is 0. The third-order valence-corrected chi connectivity index (χ3v) is 7.64. The molecule has 31 heavy (non-hydrogen) atoms. The summed E-state index contributed by atoms with van der Waals surface area (Å²) >= 11 is 4.10. The quantitative estimate of drug-likeness (QED) is 0.424. The van der Waals surface area contributed by atoms with Gasteiger partial charge in [-0.15, -0.1) is 23.5 Å². The van der Waals surface area contributed by atoms with Crippen molar-refractivity contribution in [1.82, 2.24) is 24.8 Å². The van der Waals surface area contributed by atoms with Crippen LogP contribution in [0, 0.1) is 5.92 Å². The number of hydrogen-bond donors (Lipinski definition) is 2. The minimum Gasteiger partial charge on any atom is -0.477 e. The van der Waals surface area contributed by atoms with Crippen molar-refractivity contribution in [3.8, 4) is 0 Å². The maximum Gasteiger partial charge on any atom is 0.352 e. The molecule has 2 aromatic rings. The van der Waals surface area contributed by atoms with Crippen LogP contribution in [0.1, 0.15) is 0 Å². The number of aliphatic carboxylic acids is 1. The second kappa shape index (κ2) is 9.66. The van der Waals surface area contributed by atoms with Gasteiger partial charge in [0.2, 0.25) is 11.8 Å². The SMILES string of the molecule is O=C(CSc1cnccn1)Nc1nccnc1SCC1C(=O)N2C(C(=O)O)=CCSC12. The standard InChI is InChI=1S/C18H16N6O4S3/c25-12(9-30-13-7-19-2-3-20-13)23-14-15(22-5-4-21-14)31-8-10-16(26)24-11(18(27)28)1-6-29-17(10)24/h1-5,7,10,17H,6,8-9H2,(H,27,28)(H,21,23,25). The molecule has 2 unspecified atom stereocenters. The summed E-state index contributed by atoms with van der Waals surface area (Å²) in [6, 6.07) is 0. The summed E-state index contributed by atoms with van der Waals surface area (Å²) in [4.78, 5) is 54.0. The normalized spacial score (nSPS) is 19.8. The summed E-state index contributed by atoms with van der Waals surface area (Å²) in [5.41, 5.74) is 0.0445. The highest BCUT2D eigenvalue weighted by molar-refractivity contribution is 8.01. The van der Waals surface area contributed by atoms with Gasteiger partial charge in [-0.2, -0.15) is 0 Å². The van der Waals surface area contributed by atoms with E-state index in [0.717, 1.165) is 0 Å². The van der Waals surface area contributed by atoms with Crippen LogP contribution < -0.4 is 5.32 Å². The van der Waals surface area contributed by atoms with Gasteiger partial charge in [0.05, 0.1) is 23.2 Å². The molecule has 4 rings (SSSR count). The Morgan fingerprint density at radius 1 is 1.19 bits per heavy atom. The van der Waals surface area contributed by atoms with Gasteiger partial charge in [0.15, 0.2) is 5.82 Å². The third-order valence-electron chi connectivity index (χ3n) is 4.39. The molecule has 160 valence electrons. The van der Waals surface area contributed by atoms with Crippen LogP contribution in [0.2, 0.25) is 0 Å². The number of β-lactam (4-membered cyclic amide) rings is 1. The van der Waals surface area contributed by atoms with E-state index in [0.29, 0.717) is 27.4 Å². The van der Waals surface area contributed by atoms with Gasteiger partial charge in [0, 0.05) is 36.3 Å². The lowest BCUT2D eigenvalue weighted by atomic mass is 9.99. The molecule has 1 saturated heterocycles. The molecule has 13 heteroatoms. The summed E-state index contributed by atoms with van der Waals surface area (Å²) in [6.45, 7) is 0. The van der Waals surface area contributed by atoms with Crippen molar-refractivity contribution in [2.24, 2.45) is 5.92 Å². The first kappa shape index (κ1) is 21.6. The second-order valence-corrected chi connectivity index (χ2v) is 9.49. The molecule has 1 fully saturated rings. The van der Waals surface area contributed by atoms with Gasteiger partial charge >= 0.3 is 5.97 Å². The number of nitrogens with one attached hydrogen (secondary N) is 1. The average Bonchev–Trinajstić information content (AvgIpc) is 2.78. The van der Waals surface area contributed by atoms with Crippen LogP contribution in [0.25, 0.3) is 0 Å². The Morgan fingerprint density at radius 2 is 2.00 bits per heavy atom. The van der Waals surface area contributed by atoms with Crippen molar-refractivity contribution in [3.63, 3.8) is 0 Å². The minimum atomic E-state index is -1.09. The van der Waals surface area contributed by atoms with Gasteiger partial charge in [0.1, 0.15) is 15.7 Å². The maximum absolute atomic E-state index is 12.5. The van der Waals surface area contributed by atoms with Crippen molar-refractivity contribution in [3.05, 3.63) is 42.8 Å². The number of aromatic nitrogens is 4. The van der Waals surface area contributed by atoms with Crippen molar-refractivity contribution in [2.45, 2.75) is 15.4 Å². The van der Waals surface area contributed by atoms with E-state index in [-0.39, 0.29) is 34.6 Å². The zero-order valence-electron chi connectivity index (χ0n) is 15.9. The summed E-state index contributed by atoms with van der Waals surface area (Å²) in [5.74, 6) is -0.472. The van der Waals surface area contributed by atoms with E-state index in [4.69, 9.17) is 0 Å². The number of nitrogens with zero attached hydrogens (tertiary/aromatic N) is 5. The predicted molar refractivity (Wildman–Crippen MR) is 116 cm³/mol. The van der Waals surface area contributed by atoms with E-state index in [1.54, 1.807) is 24.7 Å². The minimum absolute atomic E-state index is 0.0445. The Bertz CT molecular complexity index is 1040. The lowest BCUT2D eigenvalue weighted by Crippen LogP contribution is -2.61. The van der Waals surface area contributed by atoms with E-state index in [1.165, 1.54) is 52.6 Å². The number of anilines is 1. The van der Waals surface area contributed by atoms with Gasteiger partial charge in [-0.05, 0) is 6.08 Å². The first-order chi connectivity index (χ1) is 15.0. The van der Waals surface area contributed by atoms with Gasteiger partial charge in [-0.3, -0.25) is 19.5 Å². The summed E-state index contributed by atoms with van der Waals surface area (Å²) in [6.07, 6.45) is 9.24. The van der Waals surface area contributed by atoms with Crippen LogP contribution in [-0.2, 0) is 14.4 Å². The highest BCUT2D eigenvalue weighted by Crippen LogP contribution is 2.43. The molecule has 10 nitrogen and oxygen atoms in total. The van der Waals surface area contributed by atoms with Crippen molar-refractivity contribution in [1.29, 1.82) is 0 Å². The van der Waals surface area contributed by atoms with Crippen molar-refractivity contribution >= 4 is 58.9 Å². The molecule has 2 aromatic heterocycles. The fourth-order valence-corrected chi connectivity index (χ4v) is 6.04. The summed E-state index contributed by atoms with van der Waals surface area (Å²) in [5, 5.41) is 12.9. The van der Waals surface area contributed by atoms with Crippen LogP contribution in [0.15, 0.2) is 52.8 Å². The molecule has 2 aliphatic heterocycles. The number of rotatable bonds is 8. The number of amides is 2. The Morgan fingerprint density at radius 3 is 2.77 bits per heavy atom. The first-order valence-electron chi connectivity index (χ1n) is 9.05. The molecule has 0 spiro atoms. The molecular formula is C18H16N6O4S3. The Kier molecular flexibility index (Phi) is 6.73. The number of carbonyl (C=O) groups is 3. The highest BCUT2D eigenvalue weighted by Gasteiger charge is 2.51. The van der Waals surface area contributed by atoms with Crippen molar-refractivity contribution in [2.75, 3.05) is 22.6 Å². The van der Waals surface area contributed by atoms with Crippen LogP contribution in [0.3, 0.4) is 0 Å². The van der Waals surface area contributed by atoms with Crippen LogP contribution >= 0.6 is 35.3 Å². The zero-order chi connectivity index (χ0) is 21.8. The Hall–Kier alpha value is -2.64. The lowest BCUT2D eigenvalue weighted by molar-refractivity contribution is -0.151. The molecule has 0 aliphatic carbocycles. The number of carboxylic acids is 1. The van der Waals surface area contributed by atoms with Gasteiger partial charge in [-0.25, -0.2) is 19.7 Å². The molecule has 2 aliphatic rings. The molecule has 0 radical (unpaired) electrons. The van der Waals surface area contributed by atoms with E-state index in [9.17, 15) is 19.5 Å². The van der Waals surface area contributed by atoms with E-state index < -0.39 is 5.97 Å². The van der Waals surface area contributed by atoms with E-state index in [1.807, 2.05) is 0 Å². The zero-order valence-corrected chi connectivity index (χ0v) is 18.3. The maximum atomic E-state index is 12.5. The van der Waals surface area contributed by atoms with E-state index in [2.05, 4.69) is 25.3 Å². The smallest absolute Gasteiger partial charge is 0.352 e. The van der Waals surface area contributed by atoms with Crippen molar-refractivity contribution < 1.29 is 19.5 Å². The third kappa shape index (κ3) is 4.83. The molecule has 4 heterocycles. The Labute approximate surface area is 189 Å². The predicted octanol–water partition coefficient (Wildman–Crippen LogP) is 1.59. The number of carbonyl (C=O) groups excluding carboxylic acids is 2. The monoisotopic (exact) mass is 476 g/mol. The lowest BCUT2D eigenvalue weighted by Gasteiger charge is -2.48. The topological polar surface area (TPSA) is 138 Å². The molecule has 0 saturated carbocycles. The second-order valence-electron chi connectivity index (χ2n) is 6.33. The van der Waals surface area contributed by atoms with Crippen LogP contribution in [0.4, 0.5) is 5.82 Å². The first-order valence-corrected chi connectivity index (χ1v) is 12.1. The molecule has 2 amide bonds.